The smallest absolute Gasteiger partial charge is 0.342 e. The minimum atomic E-state index is 0. The summed E-state index contributed by atoms with van der Waals surface area (Å²) in [5.74, 6) is 1.49. The number of hydrogen-bond acceptors (Lipinski definition) is 3. The van der Waals surface area contributed by atoms with Crippen molar-refractivity contribution < 1.29 is 56.2 Å². The Morgan fingerprint density at radius 2 is 1.94 bits per heavy atom. The van der Waals surface area contributed by atoms with Crippen LogP contribution in [0.25, 0.3) is 0 Å². The van der Waals surface area contributed by atoms with E-state index in [1.165, 1.54) is 12.2 Å². The molecule has 5 heteroatoms. The molecule has 1 saturated heterocycles. The Morgan fingerprint density at radius 3 is 2.44 bits per heavy atom. The van der Waals surface area contributed by atoms with Crippen molar-refractivity contribution in [2.75, 3.05) is 13.1 Å². The van der Waals surface area contributed by atoms with Gasteiger partial charge in [0.15, 0.2) is 0 Å². The van der Waals surface area contributed by atoms with Crippen LogP contribution in [-0.2, 0) is 0 Å². The predicted molar refractivity (Wildman–Crippen MR) is 67.4 cm³/mol. The van der Waals surface area contributed by atoms with Crippen LogP contribution in [0.1, 0.15) is 44.1 Å². The van der Waals surface area contributed by atoms with Gasteiger partial charge in [0.25, 0.3) is 5.91 Å². The second-order valence-corrected chi connectivity index (χ2v) is 3.84. The standard InChI is InChI=1S/C11H14N3O.C2H6.K/c1-9-3-6-14(7-4-9)11(15)10-2-5-12-8-13-10;1-2;/h2,5,8H,3-4,6-7H2,1H3;1-2H3;/q-1;;+1. The zero-order valence-corrected chi connectivity index (χ0v) is 14.9. The van der Waals surface area contributed by atoms with Crippen LogP contribution in [0.15, 0.2) is 18.6 Å². The summed E-state index contributed by atoms with van der Waals surface area (Å²) < 4.78 is 0. The van der Waals surface area contributed by atoms with Gasteiger partial charge in [-0.2, -0.15) is 19.8 Å². The van der Waals surface area contributed by atoms with E-state index in [2.05, 4.69) is 16.9 Å². The number of nitrogens with zero attached hydrogens (tertiary/aromatic N) is 3. The molecule has 2 rings (SSSR count). The molecule has 1 amide bonds. The van der Waals surface area contributed by atoms with E-state index in [4.69, 9.17) is 0 Å². The molecule has 94 valence electrons. The maximum absolute atomic E-state index is 11.9. The van der Waals surface area contributed by atoms with Crippen molar-refractivity contribution in [3.05, 3.63) is 30.2 Å². The molecule has 1 aromatic rings. The van der Waals surface area contributed by atoms with Gasteiger partial charge in [-0.25, -0.2) is 9.97 Å². The van der Waals surface area contributed by atoms with Crippen LogP contribution in [0.4, 0.5) is 0 Å². The molecule has 1 aromatic heterocycles. The third kappa shape index (κ3) is 5.44. The van der Waals surface area contributed by atoms with Gasteiger partial charge in [-0.05, 0) is 19.2 Å². The van der Waals surface area contributed by atoms with E-state index in [1.54, 1.807) is 12.3 Å². The molecule has 1 fully saturated rings. The summed E-state index contributed by atoms with van der Waals surface area (Å²) in [5, 5.41) is 0. The topological polar surface area (TPSA) is 46.1 Å². The monoisotopic (exact) mass is 273 g/mol. The SMILES string of the molecule is CC.C[C-]1CCN(C(=O)c2ccncn2)CC1.[K+]. The fourth-order valence-electron chi connectivity index (χ4n) is 1.67. The average Bonchev–Trinajstić information content (AvgIpc) is 2.42. The summed E-state index contributed by atoms with van der Waals surface area (Å²) in [5.41, 5.74) is 0.490. The first-order chi connectivity index (χ1) is 8.27. The molecule has 0 atom stereocenters. The van der Waals surface area contributed by atoms with E-state index in [0.29, 0.717) is 5.69 Å². The van der Waals surface area contributed by atoms with Crippen LogP contribution in [0.3, 0.4) is 0 Å². The van der Waals surface area contributed by atoms with E-state index < -0.39 is 0 Å². The van der Waals surface area contributed by atoms with E-state index >= 15 is 0 Å². The largest absolute Gasteiger partial charge is 1.00 e. The molecule has 0 aliphatic carbocycles. The van der Waals surface area contributed by atoms with Gasteiger partial charge in [-0.15, -0.1) is 0 Å². The fraction of sp³-hybridized carbons (Fsp3) is 0.538. The molecule has 1 aliphatic heterocycles. The molecule has 18 heavy (non-hydrogen) atoms. The molecule has 4 nitrogen and oxygen atoms in total. The molecule has 0 aromatic carbocycles. The van der Waals surface area contributed by atoms with Gasteiger partial charge in [-0.1, -0.05) is 13.8 Å². The number of hydrogen-bond donors (Lipinski definition) is 0. The summed E-state index contributed by atoms with van der Waals surface area (Å²) in [7, 11) is 0. The molecule has 2 heterocycles. The van der Waals surface area contributed by atoms with Crippen LogP contribution in [-0.4, -0.2) is 33.9 Å². The van der Waals surface area contributed by atoms with Crippen molar-refractivity contribution in [3.63, 3.8) is 0 Å². The van der Waals surface area contributed by atoms with Crippen LogP contribution in [0.5, 0.6) is 0 Å². The molecule has 0 bridgehead atoms. The minimum Gasteiger partial charge on any atom is -0.342 e. The molecule has 0 radical (unpaired) electrons. The number of amides is 1. The summed E-state index contributed by atoms with van der Waals surface area (Å²) in [6, 6.07) is 1.66. The van der Waals surface area contributed by atoms with Crippen LogP contribution >= 0.6 is 0 Å². The zero-order chi connectivity index (χ0) is 12.7. The summed E-state index contributed by atoms with van der Waals surface area (Å²) >= 11 is 0. The van der Waals surface area contributed by atoms with E-state index in [0.717, 1.165) is 25.9 Å². The fourth-order valence-corrected chi connectivity index (χ4v) is 1.67. The normalized spacial score (nSPS) is 15.2. The first-order valence-corrected chi connectivity index (χ1v) is 6.14. The number of carbonyl (C=O) groups excluding carboxylic acids is 1. The molecule has 0 unspecified atom stereocenters. The van der Waals surface area contributed by atoms with E-state index in [1.807, 2.05) is 18.7 Å². The second-order valence-electron chi connectivity index (χ2n) is 3.84. The van der Waals surface area contributed by atoms with Gasteiger partial charge >= 0.3 is 51.4 Å². The molecule has 0 saturated carbocycles. The summed E-state index contributed by atoms with van der Waals surface area (Å²) in [4.78, 5) is 21.6. The average molecular weight is 273 g/mol. The second kappa shape index (κ2) is 10.0. The Hall–Kier alpha value is 0.186. The van der Waals surface area contributed by atoms with Gasteiger partial charge in [0, 0.05) is 6.20 Å². The quantitative estimate of drug-likeness (QED) is 0.504. The Balaban J connectivity index is 0.000000917. The van der Waals surface area contributed by atoms with Gasteiger partial charge in [0.05, 0.1) is 0 Å². The Bertz CT molecular complexity index is 337. The Morgan fingerprint density at radius 1 is 1.33 bits per heavy atom. The third-order valence-corrected chi connectivity index (χ3v) is 2.71. The molecule has 0 spiro atoms. The van der Waals surface area contributed by atoms with Crippen molar-refractivity contribution in [2.45, 2.75) is 33.6 Å². The number of rotatable bonds is 1. The summed E-state index contributed by atoms with van der Waals surface area (Å²) in [6.45, 7) is 7.77. The first kappa shape index (κ1) is 18.2. The van der Waals surface area contributed by atoms with Crippen molar-refractivity contribution in [3.8, 4) is 0 Å². The number of likely N-dealkylation sites (tertiary alicyclic amines) is 1. The molecular weight excluding hydrogens is 253 g/mol. The summed E-state index contributed by atoms with van der Waals surface area (Å²) in [6.07, 6.45) is 5.03. The third-order valence-electron chi connectivity index (χ3n) is 2.71. The maximum atomic E-state index is 11.9. The molecule has 0 N–H and O–H groups in total. The van der Waals surface area contributed by atoms with Crippen LogP contribution < -0.4 is 51.4 Å². The van der Waals surface area contributed by atoms with Gasteiger partial charge in [0.1, 0.15) is 12.0 Å². The van der Waals surface area contributed by atoms with Crippen molar-refractivity contribution in [1.29, 1.82) is 0 Å². The van der Waals surface area contributed by atoms with Crippen molar-refractivity contribution in [1.82, 2.24) is 14.9 Å². The van der Waals surface area contributed by atoms with Crippen LogP contribution in [0, 0.1) is 5.92 Å². The number of carbonyl (C=O) groups is 1. The molecular formula is C13H20KN3O. The van der Waals surface area contributed by atoms with Gasteiger partial charge in [0.2, 0.25) is 0 Å². The van der Waals surface area contributed by atoms with Gasteiger partial charge in [-0.3, -0.25) is 4.79 Å². The zero-order valence-electron chi connectivity index (χ0n) is 11.8. The molecule has 1 aliphatic rings. The van der Waals surface area contributed by atoms with Crippen molar-refractivity contribution in [2.24, 2.45) is 0 Å². The van der Waals surface area contributed by atoms with Gasteiger partial charge < -0.3 is 10.8 Å². The Labute approximate surface area is 152 Å². The number of piperidine rings is 1. The first-order valence-electron chi connectivity index (χ1n) is 6.14. The van der Waals surface area contributed by atoms with E-state index in [-0.39, 0.29) is 57.3 Å². The minimum absolute atomic E-state index is 0. The van der Waals surface area contributed by atoms with Crippen LogP contribution in [0.2, 0.25) is 0 Å². The Kier molecular flexibility index (Phi) is 10.1. The maximum Gasteiger partial charge on any atom is 1.00 e. The predicted octanol–water partition coefficient (Wildman–Crippen LogP) is -0.663. The van der Waals surface area contributed by atoms with E-state index in [9.17, 15) is 4.79 Å². The van der Waals surface area contributed by atoms with Crippen molar-refractivity contribution >= 4 is 5.91 Å². The number of aromatic nitrogens is 2.